The molecule has 0 atom stereocenters. The van der Waals surface area contributed by atoms with E-state index in [2.05, 4.69) is 14.9 Å². The zero-order chi connectivity index (χ0) is 17.2. The topological polar surface area (TPSA) is 65.4 Å². The van der Waals surface area contributed by atoms with Gasteiger partial charge < -0.3 is 19.4 Å². The van der Waals surface area contributed by atoms with Crippen molar-refractivity contribution in [1.29, 1.82) is 0 Å². The average molecular weight is 358 g/mol. The van der Waals surface area contributed by atoms with E-state index in [-0.39, 0.29) is 12.7 Å². The Kier molecular flexibility index (Phi) is 4.19. The highest BCUT2D eigenvalue weighted by Crippen LogP contribution is 2.39. The van der Waals surface area contributed by atoms with Gasteiger partial charge in [-0.15, -0.1) is 0 Å². The van der Waals surface area contributed by atoms with Gasteiger partial charge in [-0.1, -0.05) is 23.7 Å². The van der Waals surface area contributed by atoms with E-state index in [1.54, 1.807) is 12.1 Å². The van der Waals surface area contributed by atoms with Crippen molar-refractivity contribution in [3.8, 4) is 11.5 Å². The summed E-state index contributed by atoms with van der Waals surface area (Å²) in [5.41, 5.74) is 2.53. The number of carbonyl (C=O) groups excluding carboxylic acids is 1. The fraction of sp³-hybridized carbons (Fsp3) is 0.222. The van der Waals surface area contributed by atoms with Gasteiger partial charge in [0.05, 0.1) is 22.4 Å². The summed E-state index contributed by atoms with van der Waals surface area (Å²) in [6.45, 7) is 1.46. The Hall–Kier alpha value is -2.73. The molecule has 25 heavy (non-hydrogen) atoms. The molecule has 0 saturated heterocycles. The fourth-order valence-corrected chi connectivity index (χ4v) is 3.11. The fourth-order valence-electron chi connectivity index (χ4n) is 2.84. The van der Waals surface area contributed by atoms with Crippen LogP contribution in [0, 0.1) is 0 Å². The quantitative estimate of drug-likeness (QED) is 0.712. The van der Waals surface area contributed by atoms with Gasteiger partial charge >= 0.3 is 0 Å². The molecular formula is C18H16ClN3O3. The molecule has 128 valence electrons. The van der Waals surface area contributed by atoms with Gasteiger partial charge in [-0.2, -0.15) is 0 Å². The van der Waals surface area contributed by atoms with Crippen LogP contribution in [0.4, 0.5) is 0 Å². The first-order valence-corrected chi connectivity index (χ1v) is 8.37. The Morgan fingerprint density at radius 1 is 1.28 bits per heavy atom. The molecule has 3 aromatic rings. The molecule has 1 aromatic heterocycles. The largest absolute Gasteiger partial charge is 0.454 e. The van der Waals surface area contributed by atoms with Gasteiger partial charge in [0, 0.05) is 18.7 Å². The van der Waals surface area contributed by atoms with Gasteiger partial charge in [-0.3, -0.25) is 4.79 Å². The van der Waals surface area contributed by atoms with Crippen LogP contribution in [0.2, 0.25) is 5.02 Å². The summed E-state index contributed by atoms with van der Waals surface area (Å²) >= 11 is 6.11. The van der Waals surface area contributed by atoms with Crippen LogP contribution >= 0.6 is 11.6 Å². The first-order valence-electron chi connectivity index (χ1n) is 7.99. The number of fused-ring (bicyclic) bond motifs is 2. The number of aryl methyl sites for hydroxylation is 1. The number of nitrogens with zero attached hydrogens (tertiary/aromatic N) is 2. The number of halogens is 1. The molecule has 7 heteroatoms. The summed E-state index contributed by atoms with van der Waals surface area (Å²) in [5.74, 6) is 0.809. The number of aromatic nitrogens is 2. The van der Waals surface area contributed by atoms with Crippen molar-refractivity contribution in [2.45, 2.75) is 13.0 Å². The van der Waals surface area contributed by atoms with Crippen LogP contribution in [0.15, 0.2) is 42.7 Å². The van der Waals surface area contributed by atoms with Gasteiger partial charge in [0.25, 0.3) is 5.91 Å². The Balaban J connectivity index is 1.34. The lowest BCUT2D eigenvalue weighted by atomic mass is 10.2. The summed E-state index contributed by atoms with van der Waals surface area (Å²) in [4.78, 5) is 16.6. The normalized spacial score (nSPS) is 12.5. The number of rotatable bonds is 5. The third kappa shape index (κ3) is 3.13. The van der Waals surface area contributed by atoms with Crippen LogP contribution in [-0.2, 0) is 6.54 Å². The summed E-state index contributed by atoms with van der Waals surface area (Å²) in [6.07, 6.45) is 2.62. The second-order valence-electron chi connectivity index (χ2n) is 5.73. The van der Waals surface area contributed by atoms with Crippen LogP contribution < -0.4 is 14.8 Å². The van der Waals surface area contributed by atoms with E-state index >= 15 is 0 Å². The van der Waals surface area contributed by atoms with Gasteiger partial charge in [0.15, 0.2) is 11.5 Å². The summed E-state index contributed by atoms with van der Waals surface area (Å²) in [5, 5.41) is 3.28. The number of benzene rings is 2. The van der Waals surface area contributed by atoms with E-state index in [9.17, 15) is 4.79 Å². The van der Waals surface area contributed by atoms with Gasteiger partial charge in [0.1, 0.15) is 0 Å². The van der Waals surface area contributed by atoms with Gasteiger partial charge in [0.2, 0.25) is 6.79 Å². The molecule has 0 unspecified atom stereocenters. The minimum Gasteiger partial charge on any atom is -0.454 e. The molecule has 0 bridgehead atoms. The van der Waals surface area contributed by atoms with Crippen molar-refractivity contribution in [3.63, 3.8) is 0 Å². The van der Waals surface area contributed by atoms with E-state index in [0.29, 0.717) is 28.6 Å². The van der Waals surface area contributed by atoms with E-state index in [4.69, 9.17) is 21.1 Å². The molecular weight excluding hydrogens is 342 g/mol. The molecule has 1 aliphatic rings. The third-order valence-electron chi connectivity index (χ3n) is 4.08. The van der Waals surface area contributed by atoms with Crippen LogP contribution in [0.25, 0.3) is 11.0 Å². The Bertz CT molecular complexity index is 938. The maximum atomic E-state index is 12.3. The summed E-state index contributed by atoms with van der Waals surface area (Å²) in [6, 6.07) is 11.2. The molecule has 6 nitrogen and oxygen atoms in total. The maximum Gasteiger partial charge on any atom is 0.251 e. The third-order valence-corrected chi connectivity index (χ3v) is 4.36. The molecule has 0 aliphatic carbocycles. The Morgan fingerprint density at radius 3 is 3.08 bits per heavy atom. The highest BCUT2D eigenvalue weighted by atomic mass is 35.5. The number of imidazole rings is 1. The highest BCUT2D eigenvalue weighted by Gasteiger charge is 2.20. The Morgan fingerprint density at radius 2 is 2.16 bits per heavy atom. The zero-order valence-electron chi connectivity index (χ0n) is 13.4. The summed E-state index contributed by atoms with van der Waals surface area (Å²) in [7, 11) is 0. The van der Waals surface area contributed by atoms with Crippen LogP contribution in [0.3, 0.4) is 0 Å². The molecule has 0 fully saturated rings. The summed E-state index contributed by atoms with van der Waals surface area (Å²) < 4.78 is 12.6. The average Bonchev–Trinajstić information content (AvgIpc) is 3.25. The zero-order valence-corrected chi connectivity index (χ0v) is 14.1. The van der Waals surface area contributed by atoms with Gasteiger partial charge in [-0.05, 0) is 30.7 Å². The van der Waals surface area contributed by atoms with Crippen LogP contribution in [0.1, 0.15) is 16.8 Å². The number of nitrogens with one attached hydrogen (secondary N) is 1. The molecule has 0 radical (unpaired) electrons. The van der Waals surface area contributed by atoms with Crippen molar-refractivity contribution in [2.75, 3.05) is 13.3 Å². The highest BCUT2D eigenvalue weighted by molar-refractivity contribution is 6.32. The SMILES string of the molecule is O=C(NCCCn1cnc2ccccc21)c1cc(Cl)c2c(c1)OCO2. The van der Waals surface area contributed by atoms with E-state index in [1.165, 1.54) is 0 Å². The molecule has 0 spiro atoms. The lowest BCUT2D eigenvalue weighted by Crippen LogP contribution is -2.25. The molecule has 1 N–H and O–H groups in total. The number of amides is 1. The molecule has 1 aliphatic heterocycles. The number of para-hydroxylation sites is 2. The molecule has 4 rings (SSSR count). The van der Waals surface area contributed by atoms with E-state index in [0.717, 1.165) is 24.0 Å². The molecule has 2 heterocycles. The monoisotopic (exact) mass is 357 g/mol. The van der Waals surface area contributed by atoms with E-state index < -0.39 is 0 Å². The number of ether oxygens (including phenoxy) is 2. The molecule has 1 amide bonds. The van der Waals surface area contributed by atoms with Crippen molar-refractivity contribution >= 4 is 28.5 Å². The van der Waals surface area contributed by atoms with Crippen LogP contribution in [0.5, 0.6) is 11.5 Å². The first kappa shape index (κ1) is 15.8. The second-order valence-corrected chi connectivity index (χ2v) is 6.14. The molecule has 0 saturated carbocycles. The predicted molar refractivity (Wildman–Crippen MR) is 94.3 cm³/mol. The number of hydrogen-bond donors (Lipinski definition) is 1. The maximum absolute atomic E-state index is 12.3. The van der Waals surface area contributed by atoms with Crippen LogP contribution in [-0.4, -0.2) is 28.8 Å². The van der Waals surface area contributed by atoms with Crippen molar-refractivity contribution in [3.05, 3.63) is 53.3 Å². The minimum absolute atomic E-state index is 0.124. The van der Waals surface area contributed by atoms with Crippen molar-refractivity contribution < 1.29 is 14.3 Å². The first-order chi connectivity index (χ1) is 12.2. The second kappa shape index (κ2) is 6.64. The van der Waals surface area contributed by atoms with E-state index in [1.807, 2.05) is 30.6 Å². The van der Waals surface area contributed by atoms with Gasteiger partial charge in [-0.25, -0.2) is 4.98 Å². The minimum atomic E-state index is -0.185. The number of carbonyl (C=O) groups is 1. The predicted octanol–water partition coefficient (Wildman–Crippen LogP) is 3.24. The van der Waals surface area contributed by atoms with Crippen molar-refractivity contribution in [1.82, 2.24) is 14.9 Å². The lowest BCUT2D eigenvalue weighted by molar-refractivity contribution is 0.0952. The smallest absolute Gasteiger partial charge is 0.251 e. The number of hydrogen-bond acceptors (Lipinski definition) is 4. The van der Waals surface area contributed by atoms with Crippen molar-refractivity contribution in [2.24, 2.45) is 0 Å². The Labute approximate surface area is 149 Å². The molecule has 2 aromatic carbocycles. The lowest BCUT2D eigenvalue weighted by Gasteiger charge is -2.08. The standard InChI is InChI=1S/C18H16ClN3O3/c19-13-8-12(9-16-17(13)25-11-24-16)18(23)20-6-3-7-22-10-21-14-4-1-2-5-15(14)22/h1-2,4-5,8-10H,3,6-7,11H2,(H,20,23).